The normalized spacial score (nSPS) is 14.1. The number of nitrogens with zero attached hydrogens (tertiary/aromatic N) is 1. The van der Waals surface area contributed by atoms with Crippen LogP contribution in [0.25, 0.3) is 0 Å². The summed E-state index contributed by atoms with van der Waals surface area (Å²) < 4.78 is 24.6. The SMILES string of the molecule is CC(C)CCS(O)(O)C(C)(C)C(=O)Nc1cc(C(C)(C)CO)on1. The second-order valence-corrected chi connectivity index (χ2v) is 10.4. The van der Waals surface area contributed by atoms with E-state index in [9.17, 15) is 19.0 Å². The number of aliphatic hydroxyl groups is 1. The van der Waals surface area contributed by atoms with E-state index >= 15 is 0 Å². The van der Waals surface area contributed by atoms with Crippen LogP contribution in [0.1, 0.15) is 53.7 Å². The molecule has 0 aliphatic carbocycles. The number of carbonyl (C=O) groups excluding carboxylic acids is 1. The van der Waals surface area contributed by atoms with Gasteiger partial charge in [-0.1, -0.05) is 32.9 Å². The van der Waals surface area contributed by atoms with Crippen molar-refractivity contribution in [3.63, 3.8) is 0 Å². The molecule has 0 bridgehead atoms. The molecule has 24 heavy (non-hydrogen) atoms. The molecule has 140 valence electrons. The van der Waals surface area contributed by atoms with Crippen molar-refractivity contribution in [2.24, 2.45) is 5.92 Å². The molecule has 0 aliphatic rings. The van der Waals surface area contributed by atoms with E-state index in [2.05, 4.69) is 10.5 Å². The summed E-state index contributed by atoms with van der Waals surface area (Å²) in [4.78, 5) is 12.5. The minimum Gasteiger partial charge on any atom is -0.395 e. The molecule has 1 aromatic heterocycles. The number of amides is 1. The molecule has 0 atom stereocenters. The fourth-order valence-corrected chi connectivity index (χ4v) is 3.46. The zero-order valence-electron chi connectivity index (χ0n) is 15.3. The Morgan fingerprint density at radius 2 is 1.92 bits per heavy atom. The molecule has 0 radical (unpaired) electrons. The third kappa shape index (κ3) is 4.72. The zero-order chi connectivity index (χ0) is 18.8. The van der Waals surface area contributed by atoms with E-state index in [0.717, 1.165) is 0 Å². The number of hydrogen-bond donors (Lipinski definition) is 4. The van der Waals surface area contributed by atoms with Crippen molar-refractivity contribution in [2.45, 2.75) is 58.1 Å². The lowest BCUT2D eigenvalue weighted by molar-refractivity contribution is -0.118. The molecule has 8 heteroatoms. The summed E-state index contributed by atoms with van der Waals surface area (Å²) in [7, 11) is -3.11. The van der Waals surface area contributed by atoms with Crippen LogP contribution in [0.3, 0.4) is 0 Å². The average Bonchev–Trinajstić information content (AvgIpc) is 2.94. The highest BCUT2D eigenvalue weighted by Crippen LogP contribution is 2.53. The number of carbonyl (C=O) groups is 1. The number of anilines is 1. The number of aromatic nitrogens is 1. The first-order valence-corrected chi connectivity index (χ1v) is 9.70. The van der Waals surface area contributed by atoms with Crippen LogP contribution in [-0.2, 0) is 10.2 Å². The first-order chi connectivity index (χ1) is 10.8. The lowest BCUT2D eigenvalue weighted by Crippen LogP contribution is -2.43. The van der Waals surface area contributed by atoms with Gasteiger partial charge < -0.3 is 14.9 Å². The highest BCUT2D eigenvalue weighted by atomic mass is 32.3. The molecule has 0 spiro atoms. The van der Waals surface area contributed by atoms with Crippen molar-refractivity contribution < 1.29 is 23.5 Å². The van der Waals surface area contributed by atoms with Crippen LogP contribution in [0.15, 0.2) is 10.6 Å². The molecule has 4 N–H and O–H groups in total. The fraction of sp³-hybridized carbons (Fsp3) is 0.750. The van der Waals surface area contributed by atoms with E-state index in [-0.39, 0.29) is 18.2 Å². The molecule has 0 aromatic carbocycles. The van der Waals surface area contributed by atoms with Crippen molar-refractivity contribution >= 4 is 22.3 Å². The Hall–Kier alpha value is -1.09. The van der Waals surface area contributed by atoms with E-state index in [1.807, 2.05) is 13.8 Å². The van der Waals surface area contributed by atoms with Crippen LogP contribution < -0.4 is 5.32 Å². The third-order valence-electron chi connectivity index (χ3n) is 4.16. The van der Waals surface area contributed by atoms with Gasteiger partial charge in [0.15, 0.2) is 5.82 Å². The third-order valence-corrected chi connectivity index (χ3v) is 6.78. The Bertz CT molecular complexity index is 567. The molecule has 1 rings (SSSR count). The van der Waals surface area contributed by atoms with Gasteiger partial charge in [-0.05, 0) is 26.2 Å². The minimum absolute atomic E-state index is 0.128. The van der Waals surface area contributed by atoms with Gasteiger partial charge in [0.1, 0.15) is 10.5 Å². The highest BCUT2D eigenvalue weighted by Gasteiger charge is 2.41. The molecule has 7 nitrogen and oxygen atoms in total. The zero-order valence-corrected chi connectivity index (χ0v) is 16.1. The van der Waals surface area contributed by atoms with Gasteiger partial charge in [0.25, 0.3) is 0 Å². The van der Waals surface area contributed by atoms with E-state index < -0.39 is 26.7 Å². The maximum atomic E-state index is 12.5. The van der Waals surface area contributed by atoms with Crippen molar-refractivity contribution in [3.05, 3.63) is 11.8 Å². The van der Waals surface area contributed by atoms with Crippen LogP contribution in [0.2, 0.25) is 0 Å². The Morgan fingerprint density at radius 3 is 2.42 bits per heavy atom. The number of hydrogen-bond acceptors (Lipinski definition) is 6. The summed E-state index contributed by atoms with van der Waals surface area (Å²) in [6, 6.07) is 1.53. The van der Waals surface area contributed by atoms with Gasteiger partial charge in [0, 0.05) is 17.2 Å². The number of nitrogens with one attached hydrogen (secondary N) is 1. The maximum absolute atomic E-state index is 12.5. The van der Waals surface area contributed by atoms with Gasteiger partial charge in [0.05, 0.1) is 6.61 Å². The van der Waals surface area contributed by atoms with Crippen LogP contribution in [0.5, 0.6) is 0 Å². The minimum atomic E-state index is -3.11. The second kappa shape index (κ2) is 7.43. The predicted molar refractivity (Wildman–Crippen MR) is 96.5 cm³/mol. The van der Waals surface area contributed by atoms with Crippen molar-refractivity contribution in [1.29, 1.82) is 0 Å². The second-order valence-electron chi connectivity index (χ2n) is 7.64. The molecule has 0 unspecified atom stereocenters. The van der Waals surface area contributed by atoms with Gasteiger partial charge in [-0.25, -0.2) is 0 Å². The van der Waals surface area contributed by atoms with Crippen molar-refractivity contribution in [2.75, 3.05) is 17.7 Å². The molecule has 0 fully saturated rings. The van der Waals surface area contributed by atoms with Gasteiger partial charge in [-0.2, -0.15) is 10.6 Å². The average molecular weight is 362 g/mol. The van der Waals surface area contributed by atoms with E-state index in [1.54, 1.807) is 13.8 Å². The van der Waals surface area contributed by atoms with Crippen LogP contribution >= 0.6 is 10.6 Å². The number of aliphatic hydroxyl groups excluding tert-OH is 1. The molecular formula is C16H30N2O5S. The van der Waals surface area contributed by atoms with Gasteiger partial charge >= 0.3 is 0 Å². The summed E-state index contributed by atoms with van der Waals surface area (Å²) in [5, 5.41) is 15.7. The Kier molecular flexibility index (Phi) is 6.49. The molecule has 0 saturated carbocycles. The lowest BCUT2D eigenvalue weighted by Gasteiger charge is -2.45. The van der Waals surface area contributed by atoms with E-state index in [0.29, 0.717) is 18.1 Å². The molecule has 1 heterocycles. The standard InChI is InChI=1S/C16H30N2O5S/c1-11(2)7-8-24(21,22)16(5,6)14(20)17-13-9-12(23-18-13)15(3,4)10-19/h9,11,19,21-22H,7-8,10H2,1-6H3,(H,17,18,20). The number of rotatable bonds is 8. The maximum Gasteiger partial charge on any atom is 0.250 e. The summed E-state index contributed by atoms with van der Waals surface area (Å²) in [6.07, 6.45) is 0.623. The molecule has 1 aromatic rings. The summed E-state index contributed by atoms with van der Waals surface area (Å²) in [5.74, 6) is 0.571. The summed E-state index contributed by atoms with van der Waals surface area (Å²) in [5.41, 5.74) is -0.619. The van der Waals surface area contributed by atoms with Crippen LogP contribution in [0.4, 0.5) is 5.82 Å². The lowest BCUT2D eigenvalue weighted by atomic mass is 9.92. The monoisotopic (exact) mass is 362 g/mol. The first kappa shape index (κ1) is 21.0. The topological polar surface area (TPSA) is 116 Å². The quantitative estimate of drug-likeness (QED) is 0.563. The Morgan fingerprint density at radius 1 is 1.33 bits per heavy atom. The first-order valence-electron chi connectivity index (χ1n) is 7.98. The van der Waals surface area contributed by atoms with Crippen molar-refractivity contribution in [1.82, 2.24) is 5.16 Å². The summed E-state index contributed by atoms with van der Waals surface area (Å²) >= 11 is 0. The van der Waals surface area contributed by atoms with E-state index in [4.69, 9.17) is 4.52 Å². The molecular weight excluding hydrogens is 332 g/mol. The highest BCUT2D eigenvalue weighted by molar-refractivity contribution is 8.26. The van der Waals surface area contributed by atoms with Crippen molar-refractivity contribution in [3.8, 4) is 0 Å². The molecule has 0 aliphatic heterocycles. The smallest absolute Gasteiger partial charge is 0.250 e. The largest absolute Gasteiger partial charge is 0.395 e. The van der Waals surface area contributed by atoms with Crippen LogP contribution in [0, 0.1) is 5.92 Å². The van der Waals surface area contributed by atoms with Gasteiger partial charge in [-0.15, -0.1) is 0 Å². The van der Waals surface area contributed by atoms with E-state index in [1.165, 1.54) is 19.9 Å². The van der Waals surface area contributed by atoms with Crippen LogP contribution in [-0.4, -0.2) is 42.4 Å². The summed E-state index contributed by atoms with van der Waals surface area (Å²) in [6.45, 7) is 10.4. The van der Waals surface area contributed by atoms with Gasteiger partial charge in [-0.3, -0.25) is 13.9 Å². The molecule has 0 saturated heterocycles. The Balaban J connectivity index is 2.86. The fourth-order valence-electron chi connectivity index (χ4n) is 1.80. The predicted octanol–water partition coefficient (Wildman–Crippen LogP) is 3.46. The van der Waals surface area contributed by atoms with Gasteiger partial charge in [0.2, 0.25) is 5.91 Å². The Labute approximate surface area is 145 Å². The molecule has 1 amide bonds.